The second-order valence-corrected chi connectivity index (χ2v) is 8.57. The molecule has 0 aliphatic heterocycles. The molecule has 0 unspecified atom stereocenters. The first-order valence-electron chi connectivity index (χ1n) is 10.5. The van der Waals surface area contributed by atoms with E-state index in [1.54, 1.807) is 16.9 Å². The summed E-state index contributed by atoms with van der Waals surface area (Å²) in [6.07, 6.45) is 10.8. The first kappa shape index (κ1) is 19.9. The predicted molar refractivity (Wildman–Crippen MR) is 121 cm³/mol. The van der Waals surface area contributed by atoms with Crippen molar-refractivity contribution >= 4 is 11.3 Å². The minimum absolute atomic E-state index is 0.591. The van der Waals surface area contributed by atoms with Gasteiger partial charge >= 0.3 is 0 Å². The van der Waals surface area contributed by atoms with Crippen LogP contribution in [0, 0.1) is 0 Å². The Morgan fingerprint density at radius 2 is 1.86 bits per heavy atom. The highest BCUT2D eigenvalue weighted by Gasteiger charge is 2.06. The minimum atomic E-state index is 0.591. The lowest BCUT2D eigenvalue weighted by Crippen LogP contribution is -2.15. The topological polar surface area (TPSA) is 34.2 Å². The Kier molecular flexibility index (Phi) is 7.11. The highest BCUT2D eigenvalue weighted by molar-refractivity contribution is 7.15. The molecule has 1 heterocycles. The van der Waals surface area contributed by atoms with Crippen molar-refractivity contribution in [3.05, 3.63) is 83.0 Å². The molecule has 1 aliphatic carbocycles. The van der Waals surface area contributed by atoms with Crippen LogP contribution in [0.2, 0.25) is 0 Å². The van der Waals surface area contributed by atoms with Crippen molar-refractivity contribution in [1.29, 1.82) is 0 Å². The number of benzene rings is 2. The van der Waals surface area contributed by atoms with Gasteiger partial charge in [0.05, 0.1) is 4.88 Å². The summed E-state index contributed by atoms with van der Waals surface area (Å²) in [7, 11) is 0. The zero-order valence-electron chi connectivity index (χ0n) is 16.8. The number of ether oxygens (including phenoxy) is 1. The average Bonchev–Trinajstić information content (AvgIpc) is 3.26. The van der Waals surface area contributed by atoms with Gasteiger partial charge in [0.15, 0.2) is 0 Å². The Bertz CT molecular complexity index is 916. The van der Waals surface area contributed by atoms with E-state index in [9.17, 15) is 0 Å². The lowest BCUT2D eigenvalue weighted by Gasteiger charge is -2.12. The molecule has 4 rings (SSSR count). The molecule has 0 amide bonds. The molecule has 4 heteroatoms. The normalized spacial score (nSPS) is 13.9. The highest BCUT2D eigenvalue weighted by atomic mass is 32.1. The zero-order valence-corrected chi connectivity index (χ0v) is 17.6. The molecule has 29 heavy (non-hydrogen) atoms. The summed E-state index contributed by atoms with van der Waals surface area (Å²) >= 11 is 1.76. The zero-order chi connectivity index (χ0) is 19.7. The number of rotatable bonds is 9. The largest absolute Gasteiger partial charge is 0.489 e. The van der Waals surface area contributed by atoms with Crippen molar-refractivity contribution in [2.45, 2.75) is 45.3 Å². The van der Waals surface area contributed by atoms with Crippen molar-refractivity contribution < 1.29 is 4.74 Å². The van der Waals surface area contributed by atoms with Gasteiger partial charge in [0, 0.05) is 12.7 Å². The monoisotopic (exact) mass is 404 g/mol. The van der Waals surface area contributed by atoms with Crippen molar-refractivity contribution in [2.24, 2.45) is 0 Å². The van der Waals surface area contributed by atoms with Gasteiger partial charge in [0.2, 0.25) is 0 Å². The number of hydrogen-bond acceptors (Lipinski definition) is 4. The van der Waals surface area contributed by atoms with Crippen LogP contribution in [0.3, 0.4) is 0 Å². The summed E-state index contributed by atoms with van der Waals surface area (Å²) in [6.45, 7) is 2.47. The van der Waals surface area contributed by atoms with Crippen LogP contribution in [-0.4, -0.2) is 11.5 Å². The fourth-order valence-electron chi connectivity index (χ4n) is 3.56. The molecule has 0 spiro atoms. The molecule has 150 valence electrons. The van der Waals surface area contributed by atoms with Gasteiger partial charge < -0.3 is 10.1 Å². The van der Waals surface area contributed by atoms with E-state index in [1.165, 1.54) is 48.1 Å². The lowest BCUT2D eigenvalue weighted by molar-refractivity contribution is 0.306. The first-order chi connectivity index (χ1) is 14.4. The summed E-state index contributed by atoms with van der Waals surface area (Å²) < 4.78 is 5.88. The molecule has 0 fully saturated rings. The number of aromatic nitrogens is 1. The SMILES string of the molecule is C1=C(CCNCc2ncc(-c3ccc(OCc4ccccc4)cc3)s2)CCCC1. The van der Waals surface area contributed by atoms with Crippen LogP contribution in [-0.2, 0) is 13.2 Å². The van der Waals surface area contributed by atoms with Gasteiger partial charge in [-0.15, -0.1) is 11.3 Å². The maximum Gasteiger partial charge on any atom is 0.119 e. The molecule has 3 aromatic rings. The Morgan fingerprint density at radius 3 is 2.66 bits per heavy atom. The van der Waals surface area contributed by atoms with Gasteiger partial charge in [-0.2, -0.15) is 0 Å². The smallest absolute Gasteiger partial charge is 0.119 e. The molecule has 0 bridgehead atoms. The van der Waals surface area contributed by atoms with Crippen LogP contribution in [0.1, 0.15) is 42.7 Å². The van der Waals surface area contributed by atoms with Crippen molar-refractivity contribution in [1.82, 2.24) is 10.3 Å². The summed E-state index contributed by atoms with van der Waals surface area (Å²) in [4.78, 5) is 5.79. The van der Waals surface area contributed by atoms with E-state index < -0.39 is 0 Å². The summed E-state index contributed by atoms with van der Waals surface area (Å²) in [5, 5.41) is 4.68. The van der Waals surface area contributed by atoms with E-state index in [2.05, 4.69) is 40.6 Å². The maximum absolute atomic E-state index is 5.88. The highest BCUT2D eigenvalue weighted by Crippen LogP contribution is 2.28. The van der Waals surface area contributed by atoms with Gasteiger partial charge in [-0.1, -0.05) is 42.0 Å². The maximum atomic E-state index is 5.88. The first-order valence-corrected chi connectivity index (χ1v) is 11.3. The number of nitrogens with zero attached hydrogens (tertiary/aromatic N) is 1. The quantitative estimate of drug-likeness (QED) is 0.332. The van der Waals surface area contributed by atoms with Gasteiger partial charge in [0.1, 0.15) is 17.4 Å². The Labute approximate surface area is 177 Å². The van der Waals surface area contributed by atoms with Crippen molar-refractivity contribution in [2.75, 3.05) is 6.54 Å². The third-order valence-electron chi connectivity index (χ3n) is 5.22. The standard InChI is InChI=1S/C25H28N2OS/c1-3-7-20(8-4-1)15-16-26-18-25-27-17-24(29-25)22-11-13-23(14-12-22)28-19-21-9-5-2-6-10-21/h2,5-7,9-14,17,26H,1,3-4,8,15-16,18-19H2. The average molecular weight is 405 g/mol. The Hall–Kier alpha value is -2.43. The number of allylic oxidation sites excluding steroid dienone is 1. The third kappa shape index (κ3) is 6.02. The molecular weight excluding hydrogens is 376 g/mol. The van der Waals surface area contributed by atoms with Crippen LogP contribution < -0.4 is 10.1 Å². The molecule has 3 nitrogen and oxygen atoms in total. The number of thiazole rings is 1. The van der Waals surface area contributed by atoms with Gasteiger partial charge in [-0.25, -0.2) is 4.98 Å². The lowest BCUT2D eigenvalue weighted by atomic mass is 9.97. The predicted octanol–water partition coefficient (Wildman–Crippen LogP) is 6.37. The molecule has 1 N–H and O–H groups in total. The fraction of sp³-hybridized carbons (Fsp3) is 0.320. The van der Waals surface area contributed by atoms with E-state index >= 15 is 0 Å². The second kappa shape index (κ2) is 10.4. The summed E-state index contributed by atoms with van der Waals surface area (Å²) in [5.74, 6) is 0.890. The van der Waals surface area contributed by atoms with Crippen LogP contribution >= 0.6 is 11.3 Å². The molecule has 2 aromatic carbocycles. The fourth-order valence-corrected chi connectivity index (χ4v) is 4.45. The van der Waals surface area contributed by atoms with E-state index in [0.29, 0.717) is 6.61 Å². The Morgan fingerprint density at radius 1 is 1.00 bits per heavy atom. The van der Waals surface area contributed by atoms with Gasteiger partial charge in [-0.05, 0) is 74.0 Å². The molecule has 0 saturated heterocycles. The van der Waals surface area contributed by atoms with E-state index in [4.69, 9.17) is 4.74 Å². The molecule has 1 aliphatic rings. The third-order valence-corrected chi connectivity index (χ3v) is 6.27. The van der Waals surface area contributed by atoms with Crippen LogP contribution in [0.15, 0.2) is 72.4 Å². The number of nitrogens with one attached hydrogen (secondary N) is 1. The summed E-state index contributed by atoms with van der Waals surface area (Å²) in [5.41, 5.74) is 3.99. The second-order valence-electron chi connectivity index (χ2n) is 7.45. The van der Waals surface area contributed by atoms with E-state index in [0.717, 1.165) is 23.8 Å². The molecule has 1 aromatic heterocycles. The molecule has 0 atom stereocenters. The van der Waals surface area contributed by atoms with Gasteiger partial charge in [0.25, 0.3) is 0 Å². The van der Waals surface area contributed by atoms with Crippen LogP contribution in [0.5, 0.6) is 5.75 Å². The Balaban J connectivity index is 1.24. The molecule has 0 saturated carbocycles. The minimum Gasteiger partial charge on any atom is -0.489 e. The van der Waals surface area contributed by atoms with Crippen LogP contribution in [0.25, 0.3) is 10.4 Å². The summed E-state index contributed by atoms with van der Waals surface area (Å²) in [6, 6.07) is 18.5. The van der Waals surface area contributed by atoms with Gasteiger partial charge in [-0.3, -0.25) is 0 Å². The number of hydrogen-bond donors (Lipinski definition) is 1. The van der Waals surface area contributed by atoms with E-state index in [-0.39, 0.29) is 0 Å². The molecular formula is C25H28N2OS. The van der Waals surface area contributed by atoms with E-state index in [1.807, 2.05) is 36.5 Å². The van der Waals surface area contributed by atoms with Crippen molar-refractivity contribution in [3.63, 3.8) is 0 Å². The van der Waals surface area contributed by atoms with Crippen LogP contribution in [0.4, 0.5) is 0 Å². The molecule has 0 radical (unpaired) electrons. The van der Waals surface area contributed by atoms with Crippen molar-refractivity contribution in [3.8, 4) is 16.2 Å².